The average molecular weight is 342 g/mol. The Morgan fingerprint density at radius 1 is 1.25 bits per heavy atom. The van der Waals surface area contributed by atoms with E-state index in [9.17, 15) is 9.59 Å². The number of rotatable bonds is 7. The van der Waals surface area contributed by atoms with E-state index in [0.717, 1.165) is 10.0 Å². The Hall–Kier alpha value is -1.36. The zero-order chi connectivity index (χ0) is 15.0. The summed E-state index contributed by atoms with van der Waals surface area (Å²) in [6.07, 6.45) is 2.15. The molecule has 1 aromatic rings. The molecule has 5 heteroatoms. The maximum atomic E-state index is 12.0. The van der Waals surface area contributed by atoms with Gasteiger partial charge >= 0.3 is 5.97 Å². The van der Waals surface area contributed by atoms with Crippen molar-refractivity contribution in [2.75, 3.05) is 20.7 Å². The smallest absolute Gasteiger partial charge is 0.305 e. The summed E-state index contributed by atoms with van der Waals surface area (Å²) >= 11 is 3.47. The van der Waals surface area contributed by atoms with Crippen LogP contribution >= 0.6 is 15.9 Å². The van der Waals surface area contributed by atoms with Crippen molar-refractivity contribution in [1.82, 2.24) is 4.90 Å². The van der Waals surface area contributed by atoms with Crippen molar-refractivity contribution in [2.24, 2.45) is 0 Å². The van der Waals surface area contributed by atoms with Crippen LogP contribution in [0.3, 0.4) is 0 Å². The maximum absolute atomic E-state index is 12.0. The number of aryl methyl sites for hydroxylation is 1. The SMILES string of the molecule is COC(=O)CCCN(C)C(=O)CCc1ccccc1Br. The Morgan fingerprint density at radius 2 is 1.95 bits per heavy atom. The normalized spacial score (nSPS) is 10.2. The summed E-state index contributed by atoms with van der Waals surface area (Å²) in [6, 6.07) is 7.90. The molecule has 0 atom stereocenters. The van der Waals surface area contributed by atoms with E-state index >= 15 is 0 Å². The van der Waals surface area contributed by atoms with Crippen molar-refractivity contribution in [3.05, 3.63) is 34.3 Å². The third-order valence-corrected chi connectivity index (χ3v) is 3.87. The second kappa shape index (κ2) is 8.74. The molecule has 0 spiro atoms. The maximum Gasteiger partial charge on any atom is 0.305 e. The van der Waals surface area contributed by atoms with Gasteiger partial charge in [-0.05, 0) is 24.5 Å². The third kappa shape index (κ3) is 5.74. The average Bonchev–Trinajstić information content (AvgIpc) is 2.45. The Kier molecular flexibility index (Phi) is 7.30. The van der Waals surface area contributed by atoms with E-state index in [-0.39, 0.29) is 11.9 Å². The number of hydrogen-bond donors (Lipinski definition) is 0. The minimum Gasteiger partial charge on any atom is -0.469 e. The Morgan fingerprint density at radius 3 is 2.60 bits per heavy atom. The molecule has 1 aromatic carbocycles. The largest absolute Gasteiger partial charge is 0.469 e. The molecule has 0 bridgehead atoms. The molecule has 20 heavy (non-hydrogen) atoms. The summed E-state index contributed by atoms with van der Waals surface area (Å²) in [4.78, 5) is 24.6. The number of ether oxygens (including phenoxy) is 1. The summed E-state index contributed by atoms with van der Waals surface area (Å²) in [5.41, 5.74) is 1.13. The second-order valence-corrected chi connectivity index (χ2v) is 5.44. The van der Waals surface area contributed by atoms with E-state index in [1.807, 2.05) is 24.3 Å². The van der Waals surface area contributed by atoms with Gasteiger partial charge in [-0.25, -0.2) is 0 Å². The van der Waals surface area contributed by atoms with Gasteiger partial charge in [-0.3, -0.25) is 9.59 Å². The predicted octanol–water partition coefficient (Wildman–Crippen LogP) is 2.79. The van der Waals surface area contributed by atoms with Crippen LogP contribution in [0.5, 0.6) is 0 Å². The molecule has 0 N–H and O–H groups in total. The number of hydrogen-bond acceptors (Lipinski definition) is 3. The number of amides is 1. The number of carbonyl (C=O) groups is 2. The van der Waals surface area contributed by atoms with Crippen LogP contribution in [0.2, 0.25) is 0 Å². The van der Waals surface area contributed by atoms with Gasteiger partial charge in [-0.2, -0.15) is 0 Å². The van der Waals surface area contributed by atoms with Crippen LogP contribution in [0.15, 0.2) is 28.7 Å². The minimum atomic E-state index is -0.237. The van der Waals surface area contributed by atoms with E-state index in [1.54, 1.807) is 11.9 Å². The van der Waals surface area contributed by atoms with Crippen molar-refractivity contribution in [1.29, 1.82) is 0 Å². The highest BCUT2D eigenvalue weighted by Crippen LogP contribution is 2.17. The van der Waals surface area contributed by atoms with Gasteiger partial charge in [-0.15, -0.1) is 0 Å². The van der Waals surface area contributed by atoms with Crippen molar-refractivity contribution in [3.8, 4) is 0 Å². The fraction of sp³-hybridized carbons (Fsp3) is 0.467. The summed E-state index contributed by atoms with van der Waals surface area (Å²) < 4.78 is 5.59. The highest BCUT2D eigenvalue weighted by Gasteiger charge is 2.10. The molecule has 1 amide bonds. The van der Waals surface area contributed by atoms with Gasteiger partial charge in [-0.1, -0.05) is 34.1 Å². The molecule has 4 nitrogen and oxygen atoms in total. The number of halogens is 1. The molecule has 0 aliphatic carbocycles. The van der Waals surface area contributed by atoms with Crippen molar-refractivity contribution in [2.45, 2.75) is 25.7 Å². The summed E-state index contributed by atoms with van der Waals surface area (Å²) in [6.45, 7) is 0.573. The minimum absolute atomic E-state index is 0.0885. The van der Waals surface area contributed by atoms with Crippen LogP contribution in [0.1, 0.15) is 24.8 Å². The van der Waals surface area contributed by atoms with Crippen molar-refractivity contribution < 1.29 is 14.3 Å². The van der Waals surface area contributed by atoms with E-state index in [2.05, 4.69) is 20.7 Å². The number of benzene rings is 1. The topological polar surface area (TPSA) is 46.6 Å². The predicted molar refractivity (Wildman–Crippen MR) is 81.4 cm³/mol. The Bertz CT molecular complexity index is 462. The van der Waals surface area contributed by atoms with E-state index in [4.69, 9.17) is 0 Å². The number of carbonyl (C=O) groups excluding carboxylic acids is 2. The molecule has 0 saturated heterocycles. The van der Waals surface area contributed by atoms with Crippen LogP contribution in [-0.2, 0) is 20.7 Å². The monoisotopic (exact) mass is 341 g/mol. The summed E-state index contributed by atoms with van der Waals surface area (Å²) in [5, 5.41) is 0. The molecule has 1 rings (SSSR count). The first-order valence-corrected chi connectivity index (χ1v) is 7.38. The lowest BCUT2D eigenvalue weighted by atomic mass is 10.1. The molecule has 0 heterocycles. The first kappa shape index (κ1) is 16.7. The lowest BCUT2D eigenvalue weighted by Crippen LogP contribution is -2.28. The lowest BCUT2D eigenvalue weighted by molar-refractivity contribution is -0.141. The van der Waals surface area contributed by atoms with E-state index in [0.29, 0.717) is 32.2 Å². The van der Waals surface area contributed by atoms with Gasteiger partial charge in [0, 0.05) is 30.9 Å². The summed E-state index contributed by atoms with van der Waals surface area (Å²) in [5.74, 6) is -0.148. The number of methoxy groups -OCH3 is 1. The van der Waals surface area contributed by atoms with Crippen LogP contribution in [0.4, 0.5) is 0 Å². The van der Waals surface area contributed by atoms with Crippen molar-refractivity contribution in [3.63, 3.8) is 0 Å². The van der Waals surface area contributed by atoms with Crippen LogP contribution < -0.4 is 0 Å². The standard InChI is InChI=1S/C15H20BrNO3/c1-17(11-5-8-15(19)20-2)14(18)10-9-12-6-3-4-7-13(12)16/h3-4,6-7H,5,8-11H2,1-2H3. The van der Waals surface area contributed by atoms with Gasteiger partial charge in [0.1, 0.15) is 0 Å². The molecule has 0 aliphatic heterocycles. The first-order valence-electron chi connectivity index (χ1n) is 6.58. The van der Waals surface area contributed by atoms with Crippen LogP contribution in [0, 0.1) is 0 Å². The molecule has 0 aliphatic rings. The first-order chi connectivity index (χ1) is 9.54. The molecular weight excluding hydrogens is 322 g/mol. The van der Waals surface area contributed by atoms with Crippen molar-refractivity contribution >= 4 is 27.8 Å². The molecule has 110 valence electrons. The van der Waals surface area contributed by atoms with Gasteiger partial charge in [0.05, 0.1) is 7.11 Å². The molecule has 0 fully saturated rings. The van der Waals surface area contributed by atoms with Crippen LogP contribution in [0.25, 0.3) is 0 Å². The fourth-order valence-corrected chi connectivity index (χ4v) is 2.30. The Balaban J connectivity index is 2.31. The zero-order valence-corrected chi connectivity index (χ0v) is 13.5. The second-order valence-electron chi connectivity index (χ2n) is 4.59. The third-order valence-electron chi connectivity index (χ3n) is 3.09. The van der Waals surface area contributed by atoms with E-state index in [1.165, 1.54) is 7.11 Å². The molecule has 0 unspecified atom stereocenters. The highest BCUT2D eigenvalue weighted by atomic mass is 79.9. The number of nitrogens with zero attached hydrogens (tertiary/aromatic N) is 1. The highest BCUT2D eigenvalue weighted by molar-refractivity contribution is 9.10. The van der Waals surface area contributed by atoms with E-state index < -0.39 is 0 Å². The van der Waals surface area contributed by atoms with Gasteiger partial charge in [0.25, 0.3) is 0 Å². The van der Waals surface area contributed by atoms with Crippen LogP contribution in [-0.4, -0.2) is 37.5 Å². The zero-order valence-electron chi connectivity index (χ0n) is 11.9. The summed E-state index contributed by atoms with van der Waals surface area (Å²) in [7, 11) is 3.13. The number of esters is 1. The van der Waals surface area contributed by atoms with Gasteiger partial charge in [0.2, 0.25) is 5.91 Å². The molecule has 0 saturated carbocycles. The molecule has 0 radical (unpaired) electrons. The van der Waals surface area contributed by atoms with Gasteiger partial charge in [0.15, 0.2) is 0 Å². The molecular formula is C15H20BrNO3. The quantitative estimate of drug-likeness (QED) is 0.716. The lowest BCUT2D eigenvalue weighted by Gasteiger charge is -2.17. The fourth-order valence-electron chi connectivity index (χ4n) is 1.82. The Labute approximate surface area is 128 Å². The molecule has 0 aromatic heterocycles. The van der Waals surface area contributed by atoms with Gasteiger partial charge < -0.3 is 9.64 Å².